The van der Waals surface area contributed by atoms with Gasteiger partial charge >= 0.3 is 12.2 Å². The van der Waals surface area contributed by atoms with Crippen LogP contribution in [0.4, 0.5) is 24.7 Å². The van der Waals surface area contributed by atoms with Crippen LogP contribution < -0.4 is 25.6 Å². The number of aliphatic hydroxyl groups is 3. The van der Waals surface area contributed by atoms with Crippen LogP contribution >= 0.6 is 0 Å². The van der Waals surface area contributed by atoms with Crippen LogP contribution in [0.15, 0.2) is 30.5 Å². The lowest BCUT2D eigenvalue weighted by Crippen LogP contribution is -2.35. The van der Waals surface area contributed by atoms with Crippen molar-refractivity contribution < 1.29 is 52.8 Å². The molecule has 3 atom stereocenters. The fourth-order valence-corrected chi connectivity index (χ4v) is 5.91. The van der Waals surface area contributed by atoms with Gasteiger partial charge in [0.2, 0.25) is 0 Å². The van der Waals surface area contributed by atoms with Crippen LogP contribution in [0.3, 0.4) is 0 Å². The van der Waals surface area contributed by atoms with Crippen molar-refractivity contribution in [2.75, 3.05) is 50.0 Å². The van der Waals surface area contributed by atoms with Crippen molar-refractivity contribution in [3.05, 3.63) is 42.1 Å². The van der Waals surface area contributed by atoms with E-state index in [0.717, 1.165) is 12.5 Å². The smallest absolute Gasteiger partial charge is 0.413 e. The van der Waals surface area contributed by atoms with Crippen molar-refractivity contribution in [3.63, 3.8) is 0 Å². The molecular weight excluding hydrogens is 641 g/mol. The number of hydrogen-bond acceptors (Lipinski definition) is 14. The number of pyridine rings is 1. The van der Waals surface area contributed by atoms with Gasteiger partial charge in [-0.25, -0.2) is 13.2 Å². The first-order valence-electron chi connectivity index (χ1n) is 15.4. The summed E-state index contributed by atoms with van der Waals surface area (Å²) in [6, 6.07) is 4.55. The van der Waals surface area contributed by atoms with Gasteiger partial charge in [-0.05, 0) is 53.9 Å². The first-order valence-corrected chi connectivity index (χ1v) is 15.4. The SMILES string of the molecule is CC1COCCN(c2nc(OOOC3CCCNCC(F)C3)nc3c(F)c(-c4cc(N)cc5ccc(F)c(OC(O)(O)O)c45)ncc23)C1. The second kappa shape index (κ2) is 14.2. The summed E-state index contributed by atoms with van der Waals surface area (Å²) < 4.78 is 56.3. The maximum Gasteiger partial charge on any atom is 0.453 e. The van der Waals surface area contributed by atoms with E-state index >= 15 is 4.39 Å². The van der Waals surface area contributed by atoms with Crippen molar-refractivity contribution in [1.82, 2.24) is 20.3 Å². The first kappa shape index (κ1) is 33.8. The number of aromatic nitrogens is 3. The van der Waals surface area contributed by atoms with Crippen LogP contribution in [0.25, 0.3) is 32.9 Å². The lowest BCUT2D eigenvalue weighted by atomic mass is 9.98. The molecule has 3 unspecified atom stereocenters. The van der Waals surface area contributed by atoms with E-state index in [1.165, 1.54) is 24.4 Å². The molecule has 14 nitrogen and oxygen atoms in total. The molecule has 17 heteroatoms. The summed E-state index contributed by atoms with van der Waals surface area (Å²) in [6.07, 6.45) is -2.90. The van der Waals surface area contributed by atoms with Crippen molar-refractivity contribution in [1.29, 1.82) is 0 Å². The second-order valence-corrected chi connectivity index (χ2v) is 11.9. The van der Waals surface area contributed by atoms with E-state index in [2.05, 4.69) is 20.3 Å². The average molecular weight is 677 g/mol. The molecule has 2 aliphatic rings. The molecule has 258 valence electrons. The van der Waals surface area contributed by atoms with E-state index < -0.39 is 41.8 Å². The number of hydrogen-bond donors (Lipinski definition) is 5. The van der Waals surface area contributed by atoms with Gasteiger partial charge in [0.05, 0.1) is 24.7 Å². The Morgan fingerprint density at radius 3 is 2.81 bits per heavy atom. The van der Waals surface area contributed by atoms with Gasteiger partial charge in [-0.1, -0.05) is 13.0 Å². The Morgan fingerprint density at radius 2 is 2.00 bits per heavy atom. The zero-order valence-corrected chi connectivity index (χ0v) is 25.9. The summed E-state index contributed by atoms with van der Waals surface area (Å²) >= 11 is 0. The summed E-state index contributed by atoms with van der Waals surface area (Å²) in [5.41, 5.74) is 5.49. The Kier molecular flexibility index (Phi) is 9.98. The number of rotatable bonds is 8. The second-order valence-electron chi connectivity index (χ2n) is 11.9. The molecule has 2 aromatic heterocycles. The maximum atomic E-state index is 16.7. The van der Waals surface area contributed by atoms with E-state index in [-0.39, 0.29) is 63.3 Å². The third kappa shape index (κ3) is 7.62. The van der Waals surface area contributed by atoms with E-state index in [0.29, 0.717) is 39.3 Å². The normalized spacial score (nSPS) is 21.1. The fraction of sp³-hybridized carbons (Fsp3) is 0.452. The Balaban J connectivity index is 1.44. The fourth-order valence-electron chi connectivity index (χ4n) is 5.91. The van der Waals surface area contributed by atoms with E-state index in [4.69, 9.17) is 30.0 Å². The highest BCUT2D eigenvalue weighted by Crippen LogP contribution is 2.41. The summed E-state index contributed by atoms with van der Waals surface area (Å²) in [4.78, 5) is 25.6. The van der Waals surface area contributed by atoms with E-state index in [1.54, 1.807) is 0 Å². The molecule has 6 rings (SSSR count). The molecule has 4 aromatic rings. The van der Waals surface area contributed by atoms with Crippen molar-refractivity contribution in [3.8, 4) is 23.0 Å². The third-order valence-corrected chi connectivity index (χ3v) is 7.97. The van der Waals surface area contributed by atoms with Crippen LogP contribution in [-0.2, 0) is 14.7 Å². The molecule has 0 radical (unpaired) electrons. The predicted molar refractivity (Wildman–Crippen MR) is 165 cm³/mol. The Hall–Kier alpha value is -4.10. The van der Waals surface area contributed by atoms with Crippen LogP contribution in [0.1, 0.15) is 26.2 Å². The number of fused-ring (bicyclic) bond motifs is 2. The molecule has 0 aliphatic carbocycles. The first-order chi connectivity index (χ1) is 23.0. The number of ether oxygens (including phenoxy) is 2. The Bertz CT molecular complexity index is 1780. The molecule has 0 bridgehead atoms. The molecule has 48 heavy (non-hydrogen) atoms. The molecule has 4 heterocycles. The van der Waals surface area contributed by atoms with Gasteiger partial charge < -0.3 is 40.7 Å². The number of nitrogens with zero attached hydrogens (tertiary/aromatic N) is 4. The Labute approximate surface area is 272 Å². The molecule has 2 aliphatic heterocycles. The monoisotopic (exact) mass is 676 g/mol. The molecular formula is C31H35F3N6O8. The summed E-state index contributed by atoms with van der Waals surface area (Å²) in [7, 11) is 0. The average Bonchev–Trinajstić information content (AvgIpc) is 3.24. The quantitative estimate of drug-likeness (QED) is 0.0794. The van der Waals surface area contributed by atoms with Gasteiger partial charge in [0, 0.05) is 48.9 Å². The lowest BCUT2D eigenvalue weighted by Gasteiger charge is -2.25. The number of nitrogens with two attached hydrogens (primary N) is 1. The lowest BCUT2D eigenvalue weighted by molar-refractivity contribution is -0.486. The van der Waals surface area contributed by atoms with Crippen molar-refractivity contribution in [2.45, 2.75) is 44.6 Å². The van der Waals surface area contributed by atoms with Crippen molar-refractivity contribution in [2.24, 2.45) is 5.92 Å². The topological polar surface area (TPSA) is 187 Å². The highest BCUT2D eigenvalue weighted by molar-refractivity contribution is 6.04. The van der Waals surface area contributed by atoms with Crippen LogP contribution in [0.5, 0.6) is 11.8 Å². The van der Waals surface area contributed by atoms with Crippen LogP contribution in [0.2, 0.25) is 0 Å². The van der Waals surface area contributed by atoms with Gasteiger partial charge in [0.15, 0.2) is 17.4 Å². The number of nitrogens with one attached hydrogen (secondary N) is 1. The van der Waals surface area contributed by atoms with E-state index in [9.17, 15) is 24.1 Å². The molecule has 2 saturated heterocycles. The molecule has 2 aromatic carbocycles. The predicted octanol–water partition coefficient (Wildman–Crippen LogP) is 2.87. The zero-order valence-electron chi connectivity index (χ0n) is 25.9. The zero-order chi connectivity index (χ0) is 34.0. The number of halogens is 3. The molecule has 0 amide bonds. The minimum atomic E-state index is -3.76. The molecule has 0 saturated carbocycles. The van der Waals surface area contributed by atoms with Gasteiger partial charge in [-0.15, -0.1) is 0 Å². The number of nitrogen functional groups attached to an aromatic ring is 1. The Morgan fingerprint density at radius 1 is 1.17 bits per heavy atom. The summed E-state index contributed by atoms with van der Waals surface area (Å²) in [5.74, 6) is -2.55. The molecule has 0 spiro atoms. The van der Waals surface area contributed by atoms with Gasteiger partial charge in [0.25, 0.3) is 0 Å². The van der Waals surface area contributed by atoms with Gasteiger partial charge in [-0.2, -0.15) is 14.9 Å². The number of benzene rings is 2. The standard InChI is InChI=1S/C31H35F3N6O8/c1-16-14-40(7-8-44-15-16)29-22-13-37-26(21-11-19(35)9-17-4-5-23(33)28(24(17)21)45-31(41,42)43)25(34)27(22)38-30(39-29)47-48-46-20-3-2-6-36-12-18(32)10-20/h4-5,9,11,13,16,18,20,36,41-43H,2-3,6-8,10,12,14-15,35H2,1H3. The molecule has 6 N–H and O–H groups in total. The van der Waals surface area contributed by atoms with Crippen molar-refractivity contribution >= 4 is 33.2 Å². The number of alkyl halides is 1. The molecule has 2 fully saturated rings. The van der Waals surface area contributed by atoms with Gasteiger partial charge in [-0.3, -0.25) is 9.87 Å². The third-order valence-electron chi connectivity index (χ3n) is 7.97. The van der Waals surface area contributed by atoms with E-state index in [1.807, 2.05) is 11.8 Å². The van der Waals surface area contributed by atoms with Gasteiger partial charge in [0.1, 0.15) is 23.2 Å². The highest BCUT2D eigenvalue weighted by Gasteiger charge is 2.29. The highest BCUT2D eigenvalue weighted by atomic mass is 19.1. The summed E-state index contributed by atoms with van der Waals surface area (Å²) in [6.45, 7) is 4.56. The maximum absolute atomic E-state index is 16.7. The van der Waals surface area contributed by atoms with Crippen LogP contribution in [0, 0.1) is 17.6 Å². The summed E-state index contributed by atoms with van der Waals surface area (Å²) in [5, 5.41) is 36.8. The minimum absolute atomic E-state index is 0.0694. The minimum Gasteiger partial charge on any atom is -0.413 e. The van der Waals surface area contributed by atoms with Crippen LogP contribution in [-0.4, -0.2) is 88.1 Å². The largest absolute Gasteiger partial charge is 0.453 e. The number of anilines is 2.